The lowest BCUT2D eigenvalue weighted by molar-refractivity contribution is 0.563. The van der Waals surface area contributed by atoms with Crippen LogP contribution in [0.3, 0.4) is 0 Å². The number of hydrogen-bond donors (Lipinski definition) is 1. The third-order valence-corrected chi connectivity index (χ3v) is 3.95. The molecule has 0 spiro atoms. The van der Waals surface area contributed by atoms with Gasteiger partial charge in [0.1, 0.15) is 17.5 Å². The maximum absolute atomic E-state index is 13.0. The Balaban J connectivity index is 2.06. The highest BCUT2D eigenvalue weighted by Gasteiger charge is 2.15. The molecule has 1 N–H and O–H groups in total. The molecule has 0 unspecified atom stereocenters. The molecule has 2 aromatic rings. The summed E-state index contributed by atoms with van der Waals surface area (Å²) < 4.78 is 64.5. The monoisotopic (exact) mass is 325 g/mol. The summed E-state index contributed by atoms with van der Waals surface area (Å²) >= 11 is 0. The van der Waals surface area contributed by atoms with Crippen LogP contribution in [0.1, 0.15) is 5.56 Å². The number of hydrogen-bond acceptors (Lipinski definition) is 2. The molecule has 0 aromatic heterocycles. The fourth-order valence-electron chi connectivity index (χ4n) is 1.58. The molecule has 0 fully saturated rings. The molecular formula is C15H10F3NO2S. The van der Waals surface area contributed by atoms with Gasteiger partial charge in [-0.1, -0.05) is 11.8 Å². The van der Waals surface area contributed by atoms with Crippen LogP contribution in [0.5, 0.6) is 0 Å². The van der Waals surface area contributed by atoms with Crippen LogP contribution in [-0.4, -0.2) is 15.0 Å². The molecule has 0 aliphatic heterocycles. The van der Waals surface area contributed by atoms with E-state index in [-0.39, 0.29) is 6.54 Å². The van der Waals surface area contributed by atoms with Crippen LogP contribution in [0.25, 0.3) is 0 Å². The van der Waals surface area contributed by atoms with Gasteiger partial charge < -0.3 is 0 Å². The molecule has 2 rings (SSSR count). The standard InChI is InChI=1S/C15H10F3NO2S/c16-12-5-3-11(4-6-12)2-1-7-19-22(20,21)15-9-13(17)8-14(18)10-15/h3-6,8-10,19H,7H2. The summed E-state index contributed by atoms with van der Waals surface area (Å²) in [6, 6.07) is 7.33. The van der Waals surface area contributed by atoms with Gasteiger partial charge >= 0.3 is 0 Å². The van der Waals surface area contributed by atoms with Gasteiger partial charge in [0.15, 0.2) is 0 Å². The number of benzene rings is 2. The SMILES string of the molecule is O=S(=O)(NCC#Cc1ccc(F)cc1)c1cc(F)cc(F)c1. The van der Waals surface area contributed by atoms with Crippen molar-refractivity contribution in [1.29, 1.82) is 0 Å². The smallest absolute Gasteiger partial charge is 0.207 e. The zero-order chi connectivity index (χ0) is 16.2. The maximum atomic E-state index is 13.0. The summed E-state index contributed by atoms with van der Waals surface area (Å²) in [5, 5.41) is 0. The fraction of sp³-hybridized carbons (Fsp3) is 0.0667. The van der Waals surface area contributed by atoms with E-state index in [1.165, 1.54) is 24.3 Å². The predicted molar refractivity (Wildman–Crippen MR) is 74.8 cm³/mol. The van der Waals surface area contributed by atoms with Crippen molar-refractivity contribution in [3.8, 4) is 11.8 Å². The molecule has 114 valence electrons. The molecule has 0 atom stereocenters. The summed E-state index contributed by atoms with van der Waals surface area (Å²) in [6.45, 7) is -0.252. The van der Waals surface area contributed by atoms with E-state index < -0.39 is 32.4 Å². The van der Waals surface area contributed by atoms with Crippen LogP contribution in [0.2, 0.25) is 0 Å². The van der Waals surface area contributed by atoms with Gasteiger partial charge in [0.05, 0.1) is 11.4 Å². The average Bonchev–Trinajstić information content (AvgIpc) is 2.44. The average molecular weight is 325 g/mol. The molecule has 0 radical (unpaired) electrons. The lowest BCUT2D eigenvalue weighted by Crippen LogP contribution is -2.24. The van der Waals surface area contributed by atoms with Crippen molar-refractivity contribution in [2.24, 2.45) is 0 Å². The Labute approximate surface area is 125 Å². The lowest BCUT2D eigenvalue weighted by Gasteiger charge is -2.04. The second-order valence-corrected chi connectivity index (χ2v) is 6.01. The Kier molecular flexibility index (Phi) is 4.85. The molecule has 0 saturated heterocycles. The molecule has 0 saturated carbocycles. The highest BCUT2D eigenvalue weighted by atomic mass is 32.2. The molecule has 0 bridgehead atoms. The van der Waals surface area contributed by atoms with Crippen molar-refractivity contribution in [3.63, 3.8) is 0 Å². The van der Waals surface area contributed by atoms with Gasteiger partial charge in [0.2, 0.25) is 10.0 Å². The Morgan fingerprint density at radius 3 is 2.09 bits per heavy atom. The first-order chi connectivity index (χ1) is 10.4. The van der Waals surface area contributed by atoms with Crippen LogP contribution in [0.4, 0.5) is 13.2 Å². The van der Waals surface area contributed by atoms with Crippen LogP contribution in [0.15, 0.2) is 47.4 Å². The van der Waals surface area contributed by atoms with Gasteiger partial charge in [-0.05, 0) is 36.4 Å². The van der Waals surface area contributed by atoms with E-state index >= 15 is 0 Å². The Morgan fingerprint density at radius 2 is 1.50 bits per heavy atom. The van der Waals surface area contributed by atoms with Gasteiger partial charge in [0, 0.05) is 11.6 Å². The van der Waals surface area contributed by atoms with Crippen molar-refractivity contribution >= 4 is 10.0 Å². The van der Waals surface area contributed by atoms with Gasteiger partial charge in [-0.25, -0.2) is 21.6 Å². The normalized spacial score (nSPS) is 10.9. The highest BCUT2D eigenvalue weighted by Crippen LogP contribution is 2.13. The quantitative estimate of drug-likeness (QED) is 0.881. The fourth-order valence-corrected chi connectivity index (χ4v) is 2.54. The minimum atomic E-state index is -4.06. The zero-order valence-corrected chi connectivity index (χ0v) is 11.9. The number of nitrogens with one attached hydrogen (secondary N) is 1. The van der Waals surface area contributed by atoms with Crippen LogP contribution in [0, 0.1) is 29.3 Å². The second kappa shape index (κ2) is 6.64. The summed E-state index contributed by atoms with van der Waals surface area (Å²) in [5.41, 5.74) is 0.511. The maximum Gasteiger partial charge on any atom is 0.241 e. The lowest BCUT2D eigenvalue weighted by atomic mass is 10.2. The van der Waals surface area contributed by atoms with E-state index in [1.807, 2.05) is 0 Å². The topological polar surface area (TPSA) is 46.2 Å². The van der Waals surface area contributed by atoms with Crippen LogP contribution < -0.4 is 4.72 Å². The second-order valence-electron chi connectivity index (χ2n) is 4.24. The molecular weight excluding hydrogens is 315 g/mol. The minimum Gasteiger partial charge on any atom is -0.207 e. The number of rotatable bonds is 3. The predicted octanol–water partition coefficient (Wildman–Crippen LogP) is 2.43. The first kappa shape index (κ1) is 16.1. The van der Waals surface area contributed by atoms with Crippen molar-refractivity contribution in [2.45, 2.75) is 4.90 Å². The summed E-state index contributed by atoms with van der Waals surface area (Å²) in [7, 11) is -4.06. The first-order valence-corrected chi connectivity index (χ1v) is 7.55. The van der Waals surface area contributed by atoms with E-state index in [4.69, 9.17) is 0 Å². The van der Waals surface area contributed by atoms with Gasteiger partial charge in [-0.2, -0.15) is 4.72 Å². The van der Waals surface area contributed by atoms with Crippen LogP contribution >= 0.6 is 0 Å². The van der Waals surface area contributed by atoms with Crippen LogP contribution in [-0.2, 0) is 10.0 Å². The highest BCUT2D eigenvalue weighted by molar-refractivity contribution is 7.89. The first-order valence-electron chi connectivity index (χ1n) is 6.07. The third-order valence-electron chi connectivity index (χ3n) is 2.57. The van der Waals surface area contributed by atoms with Crippen molar-refractivity contribution in [1.82, 2.24) is 4.72 Å². The third kappa shape index (κ3) is 4.35. The van der Waals surface area contributed by atoms with Crippen molar-refractivity contribution in [2.75, 3.05) is 6.54 Å². The number of sulfonamides is 1. The molecule has 22 heavy (non-hydrogen) atoms. The summed E-state index contributed by atoms with van der Waals surface area (Å²) in [6.07, 6.45) is 0. The summed E-state index contributed by atoms with van der Waals surface area (Å²) in [4.78, 5) is -0.520. The molecule has 0 aliphatic rings. The van der Waals surface area contributed by atoms with E-state index in [0.717, 1.165) is 0 Å². The largest absolute Gasteiger partial charge is 0.241 e. The molecule has 0 aliphatic carbocycles. The van der Waals surface area contributed by atoms with Crippen molar-refractivity contribution in [3.05, 3.63) is 65.5 Å². The van der Waals surface area contributed by atoms with E-state index in [1.54, 1.807) is 0 Å². The van der Waals surface area contributed by atoms with E-state index in [0.29, 0.717) is 23.8 Å². The number of halogens is 3. The summed E-state index contributed by atoms with van der Waals surface area (Å²) in [5.74, 6) is 2.77. The van der Waals surface area contributed by atoms with Crippen molar-refractivity contribution < 1.29 is 21.6 Å². The van der Waals surface area contributed by atoms with Gasteiger partial charge in [-0.15, -0.1) is 0 Å². The Bertz CT molecular complexity index is 817. The Morgan fingerprint density at radius 1 is 0.909 bits per heavy atom. The van der Waals surface area contributed by atoms with E-state index in [2.05, 4.69) is 16.6 Å². The molecule has 2 aromatic carbocycles. The molecule has 7 heteroatoms. The minimum absolute atomic E-state index is 0.252. The Hall–Kier alpha value is -2.30. The van der Waals surface area contributed by atoms with E-state index in [9.17, 15) is 21.6 Å². The van der Waals surface area contributed by atoms with Gasteiger partial charge in [-0.3, -0.25) is 0 Å². The molecule has 0 amide bonds. The molecule has 3 nitrogen and oxygen atoms in total. The van der Waals surface area contributed by atoms with Gasteiger partial charge in [0.25, 0.3) is 0 Å². The zero-order valence-electron chi connectivity index (χ0n) is 11.1. The molecule has 0 heterocycles.